The number of hydrogen-bond acceptors (Lipinski definition) is 3. The van der Waals surface area contributed by atoms with Crippen molar-refractivity contribution < 1.29 is 9.59 Å². The molecule has 1 aromatic carbocycles. The van der Waals surface area contributed by atoms with Crippen molar-refractivity contribution in [1.82, 2.24) is 9.78 Å². The Morgan fingerprint density at radius 2 is 1.83 bits per heavy atom. The number of carbonyl (C=O) groups is 2. The Hall–Kier alpha value is -2.60. The number of benzene rings is 1. The number of halogens is 1. The molecule has 0 radical (unpaired) electrons. The molecular formula is C17H19ClN4O2. The first-order valence-corrected chi connectivity index (χ1v) is 7.72. The zero-order valence-electron chi connectivity index (χ0n) is 14.0. The number of rotatable bonds is 4. The molecule has 0 saturated carbocycles. The number of aryl methyl sites for hydroxylation is 2. The maximum absolute atomic E-state index is 12.1. The van der Waals surface area contributed by atoms with Crippen molar-refractivity contribution in [1.29, 1.82) is 0 Å². The van der Waals surface area contributed by atoms with E-state index >= 15 is 0 Å². The fourth-order valence-electron chi connectivity index (χ4n) is 2.27. The van der Waals surface area contributed by atoms with Crippen LogP contribution < -0.4 is 10.6 Å². The van der Waals surface area contributed by atoms with Crippen LogP contribution in [-0.4, -0.2) is 21.6 Å². The lowest BCUT2D eigenvalue weighted by Gasteiger charge is -2.11. The number of carbonyl (C=O) groups excluding carboxylic acids is 2. The third-order valence-corrected chi connectivity index (χ3v) is 3.95. The van der Waals surface area contributed by atoms with Crippen LogP contribution in [0.1, 0.15) is 23.7 Å². The van der Waals surface area contributed by atoms with Gasteiger partial charge in [0.2, 0.25) is 11.8 Å². The lowest BCUT2D eigenvalue weighted by atomic mass is 10.1. The van der Waals surface area contributed by atoms with E-state index in [1.165, 1.54) is 13.0 Å². The predicted molar refractivity (Wildman–Crippen MR) is 96.1 cm³/mol. The van der Waals surface area contributed by atoms with Gasteiger partial charge in [0.05, 0.1) is 5.69 Å². The molecule has 0 spiro atoms. The van der Waals surface area contributed by atoms with Crippen LogP contribution in [0.25, 0.3) is 6.08 Å². The third kappa shape index (κ3) is 4.02. The topological polar surface area (TPSA) is 76.0 Å². The van der Waals surface area contributed by atoms with Crippen LogP contribution in [0.2, 0.25) is 5.15 Å². The van der Waals surface area contributed by atoms with E-state index in [-0.39, 0.29) is 11.8 Å². The molecule has 0 saturated heterocycles. The maximum Gasteiger partial charge on any atom is 0.248 e. The Bertz CT molecular complexity index is 824. The molecule has 7 heteroatoms. The second kappa shape index (κ2) is 7.31. The van der Waals surface area contributed by atoms with Crippen LogP contribution in [-0.2, 0) is 16.6 Å². The van der Waals surface area contributed by atoms with Gasteiger partial charge in [-0.2, -0.15) is 5.10 Å². The molecule has 24 heavy (non-hydrogen) atoms. The minimum atomic E-state index is -0.294. The van der Waals surface area contributed by atoms with Crippen molar-refractivity contribution in [3.8, 4) is 0 Å². The Morgan fingerprint density at radius 3 is 2.38 bits per heavy atom. The van der Waals surface area contributed by atoms with Crippen molar-refractivity contribution in [2.75, 3.05) is 10.6 Å². The molecule has 0 atom stereocenters. The molecule has 0 aliphatic rings. The van der Waals surface area contributed by atoms with Gasteiger partial charge in [-0.15, -0.1) is 0 Å². The normalized spacial score (nSPS) is 10.9. The Balaban J connectivity index is 2.15. The first-order chi connectivity index (χ1) is 11.3. The van der Waals surface area contributed by atoms with Crippen LogP contribution in [0.5, 0.6) is 0 Å². The average molecular weight is 347 g/mol. The number of amides is 2. The van der Waals surface area contributed by atoms with E-state index < -0.39 is 0 Å². The minimum absolute atomic E-state index is 0.164. The Morgan fingerprint density at radius 1 is 1.21 bits per heavy atom. The highest BCUT2D eigenvalue weighted by Gasteiger charge is 2.10. The van der Waals surface area contributed by atoms with E-state index in [1.54, 1.807) is 36.0 Å². The summed E-state index contributed by atoms with van der Waals surface area (Å²) < 4.78 is 1.55. The summed E-state index contributed by atoms with van der Waals surface area (Å²) in [5, 5.41) is 10.2. The third-order valence-electron chi connectivity index (χ3n) is 3.50. The van der Waals surface area contributed by atoms with Crippen molar-refractivity contribution in [2.45, 2.75) is 20.8 Å². The number of nitrogens with zero attached hydrogens (tertiary/aromatic N) is 2. The van der Waals surface area contributed by atoms with Crippen LogP contribution >= 0.6 is 11.6 Å². The van der Waals surface area contributed by atoms with Crippen molar-refractivity contribution in [3.05, 3.63) is 46.2 Å². The predicted octanol–water partition coefficient (Wildman–Crippen LogP) is 3.30. The van der Waals surface area contributed by atoms with Crippen molar-refractivity contribution in [2.24, 2.45) is 7.05 Å². The molecule has 0 unspecified atom stereocenters. The van der Waals surface area contributed by atoms with Gasteiger partial charge in [0.15, 0.2) is 0 Å². The highest BCUT2D eigenvalue weighted by molar-refractivity contribution is 6.31. The standard InChI is InChI=1S/C17H19ClN4O2/c1-10-14(19-12(3)23)6-5-7-15(10)20-16(24)9-8-13-11(2)21-22(4)17(13)18/h5-9H,1-4H3,(H,19,23)(H,20,24)/b9-8+. The molecule has 1 heterocycles. The molecule has 0 aliphatic heterocycles. The van der Waals surface area contributed by atoms with Crippen LogP contribution in [0, 0.1) is 13.8 Å². The fraction of sp³-hybridized carbons (Fsp3) is 0.235. The summed E-state index contributed by atoms with van der Waals surface area (Å²) in [6.45, 7) is 5.09. The van der Waals surface area contributed by atoms with E-state index in [0.29, 0.717) is 22.1 Å². The SMILES string of the molecule is CC(=O)Nc1cccc(NC(=O)/C=C/c2c(C)nn(C)c2Cl)c1C. The second-order valence-corrected chi connectivity index (χ2v) is 5.75. The van der Waals surface area contributed by atoms with Crippen molar-refractivity contribution >= 4 is 40.9 Å². The molecule has 0 aliphatic carbocycles. The molecular weight excluding hydrogens is 328 g/mol. The van der Waals surface area contributed by atoms with Gasteiger partial charge in [-0.1, -0.05) is 17.7 Å². The average Bonchev–Trinajstić information content (AvgIpc) is 2.74. The first-order valence-electron chi connectivity index (χ1n) is 7.35. The molecule has 2 rings (SSSR count). The molecule has 0 fully saturated rings. The minimum Gasteiger partial charge on any atom is -0.326 e. The van der Waals surface area contributed by atoms with Crippen LogP contribution in [0.15, 0.2) is 24.3 Å². The monoisotopic (exact) mass is 346 g/mol. The lowest BCUT2D eigenvalue weighted by molar-refractivity contribution is -0.114. The lowest BCUT2D eigenvalue weighted by Crippen LogP contribution is -2.12. The van der Waals surface area contributed by atoms with E-state index in [4.69, 9.17) is 11.6 Å². The van der Waals surface area contributed by atoms with E-state index in [1.807, 2.05) is 13.8 Å². The fourth-order valence-corrected chi connectivity index (χ4v) is 2.50. The highest BCUT2D eigenvalue weighted by Crippen LogP contribution is 2.24. The smallest absolute Gasteiger partial charge is 0.248 e. The molecule has 0 bridgehead atoms. The summed E-state index contributed by atoms with van der Waals surface area (Å²) in [5.74, 6) is -0.458. The summed E-state index contributed by atoms with van der Waals surface area (Å²) >= 11 is 6.13. The van der Waals surface area contributed by atoms with Gasteiger partial charge in [0.25, 0.3) is 0 Å². The molecule has 126 valence electrons. The van der Waals surface area contributed by atoms with Gasteiger partial charge in [0.1, 0.15) is 5.15 Å². The number of aromatic nitrogens is 2. The van der Waals surface area contributed by atoms with E-state index in [9.17, 15) is 9.59 Å². The largest absolute Gasteiger partial charge is 0.326 e. The van der Waals surface area contributed by atoms with Gasteiger partial charge in [-0.3, -0.25) is 14.3 Å². The Kier molecular flexibility index (Phi) is 5.41. The molecule has 6 nitrogen and oxygen atoms in total. The summed E-state index contributed by atoms with van der Waals surface area (Å²) in [4.78, 5) is 23.3. The van der Waals surface area contributed by atoms with Gasteiger partial charge in [0, 0.05) is 37.0 Å². The second-order valence-electron chi connectivity index (χ2n) is 5.40. The quantitative estimate of drug-likeness (QED) is 0.834. The number of anilines is 2. The number of hydrogen-bond donors (Lipinski definition) is 2. The van der Waals surface area contributed by atoms with Crippen LogP contribution in [0.3, 0.4) is 0 Å². The van der Waals surface area contributed by atoms with Crippen molar-refractivity contribution in [3.63, 3.8) is 0 Å². The van der Waals surface area contributed by atoms with E-state index in [2.05, 4.69) is 15.7 Å². The molecule has 2 aromatic rings. The summed E-state index contributed by atoms with van der Waals surface area (Å²) in [6, 6.07) is 5.31. The summed E-state index contributed by atoms with van der Waals surface area (Å²) in [5.41, 5.74) is 3.53. The summed E-state index contributed by atoms with van der Waals surface area (Å²) in [6.07, 6.45) is 3.04. The van der Waals surface area contributed by atoms with Gasteiger partial charge in [-0.25, -0.2) is 0 Å². The number of nitrogens with one attached hydrogen (secondary N) is 2. The van der Waals surface area contributed by atoms with Gasteiger partial charge < -0.3 is 10.6 Å². The van der Waals surface area contributed by atoms with E-state index in [0.717, 1.165) is 11.3 Å². The zero-order valence-corrected chi connectivity index (χ0v) is 14.7. The molecule has 2 amide bonds. The molecule has 1 aromatic heterocycles. The van der Waals surface area contributed by atoms with Gasteiger partial charge >= 0.3 is 0 Å². The highest BCUT2D eigenvalue weighted by atomic mass is 35.5. The summed E-state index contributed by atoms with van der Waals surface area (Å²) in [7, 11) is 1.74. The van der Waals surface area contributed by atoms with Crippen LogP contribution in [0.4, 0.5) is 11.4 Å². The molecule has 2 N–H and O–H groups in total. The zero-order chi connectivity index (χ0) is 17.9. The Labute approximate surface area is 145 Å². The van der Waals surface area contributed by atoms with Gasteiger partial charge in [-0.05, 0) is 37.6 Å². The maximum atomic E-state index is 12.1. The first kappa shape index (κ1) is 17.7.